The molecule has 2 aliphatic rings. The zero-order chi connectivity index (χ0) is 21.6. The maximum absolute atomic E-state index is 6.08. The summed E-state index contributed by atoms with van der Waals surface area (Å²) in [6.45, 7) is 7.73. The zero-order valence-electron chi connectivity index (χ0n) is 19.1. The molecular weight excluding hydrogens is 392 g/mol. The molecule has 0 spiro atoms. The van der Waals surface area contributed by atoms with Crippen molar-refractivity contribution in [3.63, 3.8) is 0 Å². The molecular formula is C24H40N4O3. The first-order chi connectivity index (χ1) is 15.3. The van der Waals surface area contributed by atoms with Crippen molar-refractivity contribution in [1.82, 2.24) is 15.6 Å². The average Bonchev–Trinajstić information content (AvgIpc) is 2.81. The van der Waals surface area contributed by atoms with E-state index >= 15 is 0 Å². The molecule has 0 atom stereocenters. The van der Waals surface area contributed by atoms with Crippen LogP contribution in [-0.2, 0) is 16.0 Å². The molecule has 2 heterocycles. The van der Waals surface area contributed by atoms with Gasteiger partial charge in [0.2, 0.25) is 5.88 Å². The molecule has 31 heavy (non-hydrogen) atoms. The summed E-state index contributed by atoms with van der Waals surface area (Å²) in [7, 11) is 0. The molecule has 1 aliphatic heterocycles. The van der Waals surface area contributed by atoms with Gasteiger partial charge in [-0.3, -0.25) is 0 Å². The Morgan fingerprint density at radius 2 is 2.00 bits per heavy atom. The second kappa shape index (κ2) is 14.2. The number of nitrogens with one attached hydrogen (secondary N) is 2. The third-order valence-corrected chi connectivity index (χ3v) is 5.86. The normalized spacial score (nSPS) is 18.7. The fourth-order valence-electron chi connectivity index (χ4n) is 4.02. The highest BCUT2D eigenvalue weighted by Crippen LogP contribution is 2.22. The van der Waals surface area contributed by atoms with Crippen LogP contribution in [0.2, 0.25) is 0 Å². The Balaban J connectivity index is 1.36. The Morgan fingerprint density at radius 3 is 2.81 bits per heavy atom. The van der Waals surface area contributed by atoms with E-state index in [9.17, 15) is 0 Å². The monoisotopic (exact) mass is 432 g/mol. The number of guanidine groups is 1. The molecule has 0 bridgehead atoms. The van der Waals surface area contributed by atoms with Gasteiger partial charge in [0, 0.05) is 51.8 Å². The summed E-state index contributed by atoms with van der Waals surface area (Å²) in [6, 6.07) is 4.02. The highest BCUT2D eigenvalue weighted by Gasteiger charge is 2.15. The van der Waals surface area contributed by atoms with E-state index in [4.69, 9.17) is 19.2 Å². The molecule has 1 aliphatic carbocycles. The Morgan fingerprint density at radius 1 is 1.16 bits per heavy atom. The van der Waals surface area contributed by atoms with Crippen LogP contribution in [0.1, 0.15) is 63.9 Å². The second-order valence-corrected chi connectivity index (χ2v) is 8.49. The predicted octanol–water partition coefficient (Wildman–Crippen LogP) is 3.68. The first kappa shape index (κ1) is 23.8. The van der Waals surface area contributed by atoms with Gasteiger partial charge in [-0.05, 0) is 69.4 Å². The van der Waals surface area contributed by atoms with E-state index in [1.807, 2.05) is 18.3 Å². The Hall–Kier alpha value is -1.86. The van der Waals surface area contributed by atoms with Crippen molar-refractivity contribution >= 4 is 5.96 Å². The Kier molecular flexibility index (Phi) is 10.9. The standard InChI is InChI=1S/C24H40N4O3/c1-2-25-24(27-12-6-14-30-19-20-10-15-29-16-11-20)28-18-21-9-13-26-23(17-21)31-22-7-4-3-5-8-22/h9,13,17,20,22H,2-8,10-12,14-16,18-19H2,1H3,(H2,25,27,28). The van der Waals surface area contributed by atoms with Crippen molar-refractivity contribution in [2.24, 2.45) is 10.9 Å². The van der Waals surface area contributed by atoms with Crippen molar-refractivity contribution in [3.8, 4) is 5.88 Å². The summed E-state index contributed by atoms with van der Waals surface area (Å²) in [6.07, 6.45) is 11.4. The van der Waals surface area contributed by atoms with E-state index in [2.05, 4.69) is 22.5 Å². The third-order valence-electron chi connectivity index (χ3n) is 5.86. The number of pyridine rings is 1. The molecule has 7 nitrogen and oxygen atoms in total. The van der Waals surface area contributed by atoms with Gasteiger partial charge in [0.05, 0.1) is 6.54 Å². The molecule has 1 aromatic heterocycles. The molecule has 0 radical (unpaired) electrons. The van der Waals surface area contributed by atoms with E-state index < -0.39 is 0 Å². The molecule has 1 aromatic rings. The lowest BCUT2D eigenvalue weighted by molar-refractivity contribution is 0.0203. The lowest BCUT2D eigenvalue weighted by atomic mass is 9.98. The minimum atomic E-state index is 0.313. The van der Waals surface area contributed by atoms with Gasteiger partial charge in [-0.2, -0.15) is 0 Å². The molecule has 1 saturated heterocycles. The summed E-state index contributed by atoms with van der Waals surface area (Å²) >= 11 is 0. The highest BCUT2D eigenvalue weighted by molar-refractivity contribution is 5.79. The molecule has 1 saturated carbocycles. The molecule has 7 heteroatoms. The smallest absolute Gasteiger partial charge is 0.213 e. The van der Waals surface area contributed by atoms with Crippen LogP contribution in [0.15, 0.2) is 23.3 Å². The molecule has 3 rings (SSSR count). The van der Waals surface area contributed by atoms with Crippen molar-refractivity contribution in [1.29, 1.82) is 0 Å². The van der Waals surface area contributed by atoms with Gasteiger partial charge in [-0.25, -0.2) is 9.98 Å². The van der Waals surface area contributed by atoms with E-state index in [1.54, 1.807) is 0 Å². The van der Waals surface area contributed by atoms with Gasteiger partial charge in [0.1, 0.15) is 6.10 Å². The van der Waals surface area contributed by atoms with E-state index in [-0.39, 0.29) is 0 Å². The van der Waals surface area contributed by atoms with Gasteiger partial charge in [-0.15, -0.1) is 0 Å². The van der Waals surface area contributed by atoms with Crippen LogP contribution < -0.4 is 15.4 Å². The molecule has 0 amide bonds. The minimum absolute atomic E-state index is 0.313. The van der Waals surface area contributed by atoms with Crippen LogP contribution in [-0.4, -0.2) is 56.6 Å². The quantitative estimate of drug-likeness (QED) is 0.316. The largest absolute Gasteiger partial charge is 0.474 e. The summed E-state index contributed by atoms with van der Waals surface area (Å²) in [5.41, 5.74) is 1.11. The van der Waals surface area contributed by atoms with Crippen molar-refractivity contribution in [2.75, 3.05) is 39.5 Å². The van der Waals surface area contributed by atoms with E-state index in [0.29, 0.717) is 18.6 Å². The number of ether oxygens (including phenoxy) is 3. The lowest BCUT2D eigenvalue weighted by Gasteiger charge is -2.22. The average molecular weight is 433 g/mol. The number of nitrogens with zero attached hydrogens (tertiary/aromatic N) is 2. The van der Waals surface area contributed by atoms with Gasteiger partial charge in [0.15, 0.2) is 5.96 Å². The van der Waals surface area contributed by atoms with Crippen LogP contribution in [0.5, 0.6) is 5.88 Å². The summed E-state index contributed by atoms with van der Waals surface area (Å²) in [4.78, 5) is 9.11. The van der Waals surface area contributed by atoms with Crippen molar-refractivity contribution in [3.05, 3.63) is 23.9 Å². The van der Waals surface area contributed by atoms with Gasteiger partial charge in [-0.1, -0.05) is 6.42 Å². The first-order valence-corrected chi connectivity index (χ1v) is 12.1. The first-order valence-electron chi connectivity index (χ1n) is 12.1. The van der Waals surface area contributed by atoms with Crippen LogP contribution >= 0.6 is 0 Å². The van der Waals surface area contributed by atoms with Gasteiger partial charge < -0.3 is 24.8 Å². The maximum Gasteiger partial charge on any atom is 0.213 e. The lowest BCUT2D eigenvalue weighted by Crippen LogP contribution is -2.38. The molecule has 0 unspecified atom stereocenters. The fraction of sp³-hybridized carbons (Fsp3) is 0.750. The Labute approximate surface area is 187 Å². The summed E-state index contributed by atoms with van der Waals surface area (Å²) in [5.74, 6) is 2.21. The van der Waals surface area contributed by atoms with E-state index in [0.717, 1.165) is 89.0 Å². The maximum atomic E-state index is 6.08. The topological polar surface area (TPSA) is 77.0 Å². The fourth-order valence-corrected chi connectivity index (χ4v) is 4.02. The number of aliphatic imine (C=N–C) groups is 1. The van der Waals surface area contributed by atoms with Crippen molar-refractivity contribution in [2.45, 2.75) is 70.9 Å². The minimum Gasteiger partial charge on any atom is -0.474 e. The molecule has 174 valence electrons. The van der Waals surface area contributed by atoms with Crippen LogP contribution in [0.25, 0.3) is 0 Å². The third kappa shape index (κ3) is 9.44. The van der Waals surface area contributed by atoms with E-state index in [1.165, 1.54) is 19.3 Å². The number of hydrogen-bond acceptors (Lipinski definition) is 5. The summed E-state index contributed by atoms with van der Waals surface area (Å²) < 4.78 is 17.3. The second-order valence-electron chi connectivity index (χ2n) is 8.49. The van der Waals surface area contributed by atoms with Crippen LogP contribution in [0.3, 0.4) is 0 Å². The van der Waals surface area contributed by atoms with Crippen molar-refractivity contribution < 1.29 is 14.2 Å². The SMILES string of the molecule is CCNC(=NCc1ccnc(OC2CCCCC2)c1)NCCCOCC1CCOCC1. The molecule has 2 N–H and O–H groups in total. The summed E-state index contributed by atoms with van der Waals surface area (Å²) in [5, 5.41) is 6.71. The van der Waals surface area contributed by atoms with Crippen LogP contribution in [0, 0.1) is 5.92 Å². The number of rotatable bonds is 11. The molecule has 0 aromatic carbocycles. The number of hydrogen-bond donors (Lipinski definition) is 2. The van der Waals surface area contributed by atoms with Gasteiger partial charge in [0.25, 0.3) is 0 Å². The van der Waals surface area contributed by atoms with Gasteiger partial charge >= 0.3 is 0 Å². The number of aromatic nitrogens is 1. The highest BCUT2D eigenvalue weighted by atomic mass is 16.5. The zero-order valence-corrected chi connectivity index (χ0v) is 19.1. The van der Waals surface area contributed by atoms with Crippen LogP contribution in [0.4, 0.5) is 0 Å². The Bertz CT molecular complexity index is 643. The predicted molar refractivity (Wildman–Crippen MR) is 124 cm³/mol. The molecule has 2 fully saturated rings.